The third kappa shape index (κ3) is 1.32. The van der Waals surface area contributed by atoms with Gasteiger partial charge in [-0.1, -0.05) is 6.07 Å². The molecule has 0 saturated heterocycles. The molecular formula is C13H12O3. The van der Waals surface area contributed by atoms with Gasteiger partial charge in [-0.25, -0.2) is 4.79 Å². The van der Waals surface area contributed by atoms with Crippen LogP contribution in [0.25, 0.3) is 5.57 Å². The number of fused-ring (bicyclic) bond motifs is 2. The fourth-order valence-corrected chi connectivity index (χ4v) is 2.49. The molecule has 0 bridgehead atoms. The van der Waals surface area contributed by atoms with Gasteiger partial charge in [0.1, 0.15) is 5.76 Å². The van der Waals surface area contributed by atoms with Crippen molar-refractivity contribution in [2.24, 2.45) is 0 Å². The molecule has 0 atom stereocenters. The summed E-state index contributed by atoms with van der Waals surface area (Å²) in [5.74, 6) is 0.251. The van der Waals surface area contributed by atoms with Crippen LogP contribution in [0.3, 0.4) is 0 Å². The standard InChI is InChI=1S/C13H12O3/c14-13(15)9-1-3-10-8(7-9)2-4-12-11(10)5-6-16-12/h1,3,7H,2,4-6H2,(H,14,15). The number of aryl methyl sites for hydroxylation is 1. The van der Waals surface area contributed by atoms with Crippen LogP contribution < -0.4 is 0 Å². The number of hydrogen-bond donors (Lipinski definition) is 1. The lowest BCUT2D eigenvalue weighted by molar-refractivity contribution is 0.0697. The zero-order valence-electron chi connectivity index (χ0n) is 8.82. The Balaban J connectivity index is 2.10. The molecule has 0 radical (unpaired) electrons. The smallest absolute Gasteiger partial charge is 0.335 e. The Morgan fingerprint density at radius 3 is 2.94 bits per heavy atom. The second-order valence-corrected chi connectivity index (χ2v) is 4.18. The quantitative estimate of drug-likeness (QED) is 0.784. The van der Waals surface area contributed by atoms with E-state index in [1.807, 2.05) is 6.07 Å². The normalized spacial score (nSPS) is 17.8. The summed E-state index contributed by atoms with van der Waals surface area (Å²) < 4.78 is 5.55. The van der Waals surface area contributed by atoms with Crippen LogP contribution in [0, 0.1) is 0 Å². The molecule has 3 rings (SSSR count). The van der Waals surface area contributed by atoms with Gasteiger partial charge in [-0.3, -0.25) is 0 Å². The van der Waals surface area contributed by atoms with Gasteiger partial charge >= 0.3 is 5.97 Å². The lowest BCUT2D eigenvalue weighted by Crippen LogP contribution is -2.05. The van der Waals surface area contributed by atoms with Gasteiger partial charge in [-0.15, -0.1) is 0 Å². The SMILES string of the molecule is O=C(O)c1ccc2c(c1)CCC1=C2CCO1. The van der Waals surface area contributed by atoms with E-state index < -0.39 is 5.97 Å². The lowest BCUT2D eigenvalue weighted by atomic mass is 9.88. The molecule has 0 saturated carbocycles. The van der Waals surface area contributed by atoms with Crippen LogP contribution in [-0.2, 0) is 11.2 Å². The number of ether oxygens (including phenoxy) is 1. The first-order valence-electron chi connectivity index (χ1n) is 5.47. The summed E-state index contributed by atoms with van der Waals surface area (Å²) in [6.45, 7) is 0.769. The number of hydrogen-bond acceptors (Lipinski definition) is 2. The maximum absolute atomic E-state index is 10.9. The summed E-state index contributed by atoms with van der Waals surface area (Å²) in [4.78, 5) is 10.9. The Kier molecular flexibility index (Phi) is 1.99. The number of aromatic carboxylic acids is 1. The van der Waals surface area contributed by atoms with Gasteiger partial charge in [0.25, 0.3) is 0 Å². The first kappa shape index (κ1) is 9.46. The Labute approximate surface area is 93.4 Å². The van der Waals surface area contributed by atoms with Gasteiger partial charge in [-0.2, -0.15) is 0 Å². The second-order valence-electron chi connectivity index (χ2n) is 4.18. The van der Waals surface area contributed by atoms with Crippen LogP contribution in [0.15, 0.2) is 24.0 Å². The van der Waals surface area contributed by atoms with Gasteiger partial charge in [0, 0.05) is 18.4 Å². The van der Waals surface area contributed by atoms with Crippen LogP contribution in [0.2, 0.25) is 0 Å². The molecular weight excluding hydrogens is 204 g/mol. The van der Waals surface area contributed by atoms with Crippen molar-refractivity contribution in [3.8, 4) is 0 Å². The molecule has 1 aliphatic heterocycles. The highest BCUT2D eigenvalue weighted by Crippen LogP contribution is 2.38. The van der Waals surface area contributed by atoms with Crippen LogP contribution in [0.1, 0.15) is 34.3 Å². The van der Waals surface area contributed by atoms with Gasteiger partial charge in [0.15, 0.2) is 0 Å². The van der Waals surface area contributed by atoms with Crippen molar-refractivity contribution in [2.75, 3.05) is 6.61 Å². The molecule has 0 amide bonds. The highest BCUT2D eigenvalue weighted by Gasteiger charge is 2.24. The Hall–Kier alpha value is -1.77. The Morgan fingerprint density at radius 1 is 1.25 bits per heavy atom. The molecule has 1 aromatic carbocycles. The summed E-state index contributed by atoms with van der Waals surface area (Å²) >= 11 is 0. The van der Waals surface area contributed by atoms with Crippen molar-refractivity contribution in [3.05, 3.63) is 40.6 Å². The van der Waals surface area contributed by atoms with E-state index in [4.69, 9.17) is 9.84 Å². The van der Waals surface area contributed by atoms with Crippen molar-refractivity contribution in [1.29, 1.82) is 0 Å². The predicted octanol–water partition coefficient (Wildman–Crippen LogP) is 2.46. The largest absolute Gasteiger partial charge is 0.497 e. The van der Waals surface area contributed by atoms with E-state index >= 15 is 0 Å². The average molecular weight is 216 g/mol. The zero-order chi connectivity index (χ0) is 11.1. The van der Waals surface area contributed by atoms with Crippen molar-refractivity contribution in [3.63, 3.8) is 0 Å². The molecule has 2 aliphatic rings. The minimum Gasteiger partial charge on any atom is -0.497 e. The summed E-state index contributed by atoms with van der Waals surface area (Å²) in [6.07, 6.45) is 2.75. The fourth-order valence-electron chi connectivity index (χ4n) is 2.49. The van der Waals surface area contributed by atoms with Gasteiger partial charge in [-0.05, 0) is 29.7 Å². The van der Waals surface area contributed by atoms with E-state index in [9.17, 15) is 4.79 Å². The maximum Gasteiger partial charge on any atom is 0.335 e. The molecule has 0 spiro atoms. The topological polar surface area (TPSA) is 46.5 Å². The number of carboxylic acid groups (broad SMARTS) is 1. The first-order valence-corrected chi connectivity index (χ1v) is 5.47. The maximum atomic E-state index is 10.9. The Morgan fingerprint density at radius 2 is 2.12 bits per heavy atom. The lowest BCUT2D eigenvalue weighted by Gasteiger charge is -2.17. The molecule has 1 heterocycles. The van der Waals surface area contributed by atoms with Crippen LogP contribution in [-0.4, -0.2) is 17.7 Å². The van der Waals surface area contributed by atoms with Crippen LogP contribution >= 0.6 is 0 Å². The number of rotatable bonds is 1. The molecule has 1 N–H and O–H groups in total. The summed E-state index contributed by atoms with van der Waals surface area (Å²) in [7, 11) is 0. The number of carboxylic acids is 1. The second kappa shape index (κ2) is 3.37. The van der Waals surface area contributed by atoms with Crippen LogP contribution in [0.4, 0.5) is 0 Å². The number of carbonyl (C=O) groups is 1. The monoisotopic (exact) mass is 216 g/mol. The average Bonchev–Trinajstić information content (AvgIpc) is 2.76. The van der Waals surface area contributed by atoms with E-state index in [0.717, 1.165) is 37.2 Å². The van der Waals surface area contributed by atoms with Crippen LogP contribution in [0.5, 0.6) is 0 Å². The van der Waals surface area contributed by atoms with Crippen molar-refractivity contribution >= 4 is 11.5 Å². The molecule has 16 heavy (non-hydrogen) atoms. The predicted molar refractivity (Wildman–Crippen MR) is 59.2 cm³/mol. The zero-order valence-corrected chi connectivity index (χ0v) is 8.82. The van der Waals surface area contributed by atoms with Gasteiger partial charge < -0.3 is 9.84 Å². The third-order valence-corrected chi connectivity index (χ3v) is 3.26. The third-order valence-electron chi connectivity index (χ3n) is 3.26. The number of allylic oxidation sites excluding steroid dienone is 1. The van der Waals surface area contributed by atoms with Gasteiger partial charge in [0.2, 0.25) is 0 Å². The Bertz CT molecular complexity index is 500. The molecule has 0 aromatic heterocycles. The van der Waals surface area contributed by atoms with Crippen molar-refractivity contribution in [1.82, 2.24) is 0 Å². The minimum absolute atomic E-state index is 0.377. The molecule has 3 heteroatoms. The molecule has 1 aliphatic carbocycles. The minimum atomic E-state index is -0.856. The summed E-state index contributed by atoms with van der Waals surface area (Å²) in [5.41, 5.74) is 3.98. The fraction of sp³-hybridized carbons (Fsp3) is 0.308. The van der Waals surface area contributed by atoms with Crippen molar-refractivity contribution in [2.45, 2.75) is 19.3 Å². The van der Waals surface area contributed by atoms with E-state index in [1.54, 1.807) is 12.1 Å². The first-order chi connectivity index (χ1) is 7.75. The van der Waals surface area contributed by atoms with Gasteiger partial charge in [0.05, 0.1) is 12.2 Å². The summed E-state index contributed by atoms with van der Waals surface area (Å²) in [5, 5.41) is 8.94. The van der Waals surface area contributed by atoms with E-state index in [2.05, 4.69) is 0 Å². The highest BCUT2D eigenvalue weighted by molar-refractivity contribution is 5.89. The molecule has 82 valence electrons. The van der Waals surface area contributed by atoms with E-state index in [0.29, 0.717) is 5.56 Å². The molecule has 3 nitrogen and oxygen atoms in total. The number of benzene rings is 1. The van der Waals surface area contributed by atoms with E-state index in [-0.39, 0.29) is 0 Å². The van der Waals surface area contributed by atoms with Crippen molar-refractivity contribution < 1.29 is 14.6 Å². The molecule has 1 aromatic rings. The molecule has 0 unspecified atom stereocenters. The summed E-state index contributed by atoms with van der Waals surface area (Å²) in [6, 6.07) is 5.39. The molecule has 0 fully saturated rings. The van der Waals surface area contributed by atoms with E-state index in [1.165, 1.54) is 11.1 Å². The highest BCUT2D eigenvalue weighted by atomic mass is 16.5.